The van der Waals surface area contributed by atoms with Crippen molar-refractivity contribution in [1.29, 1.82) is 0 Å². The van der Waals surface area contributed by atoms with E-state index in [2.05, 4.69) is 43.4 Å². The number of hydrogen-bond donors (Lipinski definition) is 2. The van der Waals surface area contributed by atoms with Gasteiger partial charge in [-0.05, 0) is 78.5 Å². The van der Waals surface area contributed by atoms with E-state index in [1.165, 1.54) is 6.42 Å². The molecule has 3 aliphatic carbocycles. The summed E-state index contributed by atoms with van der Waals surface area (Å²) >= 11 is 0. The van der Waals surface area contributed by atoms with Gasteiger partial charge in [0.25, 0.3) is 5.91 Å². The van der Waals surface area contributed by atoms with E-state index in [1.807, 2.05) is 42.5 Å². The zero-order chi connectivity index (χ0) is 23.4. The van der Waals surface area contributed by atoms with Crippen LogP contribution in [-0.2, 0) is 4.79 Å². The number of carbonyl (C=O) groups excluding carboxylic acids is 1. The lowest BCUT2D eigenvalue weighted by Crippen LogP contribution is -2.61. The highest BCUT2D eigenvalue weighted by Crippen LogP contribution is 2.62. The Kier molecular flexibility index (Phi) is 7.02. The molecule has 0 heterocycles. The van der Waals surface area contributed by atoms with Crippen LogP contribution in [-0.4, -0.2) is 23.0 Å². The van der Waals surface area contributed by atoms with Crippen molar-refractivity contribution in [1.82, 2.24) is 5.32 Å². The van der Waals surface area contributed by atoms with Gasteiger partial charge in [-0.2, -0.15) is 0 Å². The third-order valence-corrected chi connectivity index (χ3v) is 8.03. The molecule has 2 bridgehead atoms. The number of rotatable bonds is 9. The number of amides is 1. The Balaban J connectivity index is 1.39. The zero-order valence-electron chi connectivity index (χ0n) is 19.7. The summed E-state index contributed by atoms with van der Waals surface area (Å²) in [5, 5.41) is 12.2. The first-order valence-corrected chi connectivity index (χ1v) is 12.2. The Hall–Kier alpha value is -2.88. The maximum atomic E-state index is 13.1. The molecule has 4 atom stereocenters. The molecule has 4 nitrogen and oxygen atoms in total. The highest BCUT2D eigenvalue weighted by Gasteiger charge is 2.57. The molecule has 2 aromatic carbocycles. The van der Waals surface area contributed by atoms with Gasteiger partial charge in [0.1, 0.15) is 0 Å². The van der Waals surface area contributed by atoms with Crippen LogP contribution >= 0.6 is 0 Å². The van der Waals surface area contributed by atoms with Gasteiger partial charge in [0.2, 0.25) is 0 Å². The van der Waals surface area contributed by atoms with E-state index in [4.69, 9.17) is 5.11 Å². The molecule has 4 heteroatoms. The van der Waals surface area contributed by atoms with Crippen LogP contribution in [0.15, 0.2) is 66.7 Å². The molecule has 0 saturated heterocycles. The number of carboxylic acid groups (broad SMARTS) is 1. The Morgan fingerprint density at radius 1 is 1.00 bits per heavy atom. The van der Waals surface area contributed by atoms with Crippen LogP contribution in [0.5, 0.6) is 0 Å². The second kappa shape index (κ2) is 9.94. The van der Waals surface area contributed by atoms with Gasteiger partial charge < -0.3 is 10.4 Å². The van der Waals surface area contributed by atoms with Crippen LogP contribution in [0.3, 0.4) is 0 Å². The molecule has 2 aromatic rings. The highest BCUT2D eigenvalue weighted by atomic mass is 16.4. The van der Waals surface area contributed by atoms with E-state index in [-0.39, 0.29) is 18.4 Å². The molecular weight excluding hydrogens is 410 g/mol. The molecule has 3 fully saturated rings. The van der Waals surface area contributed by atoms with Gasteiger partial charge in [0.05, 0.1) is 0 Å². The van der Waals surface area contributed by atoms with E-state index in [1.54, 1.807) is 0 Å². The third kappa shape index (κ3) is 5.21. The lowest BCUT2D eigenvalue weighted by molar-refractivity contribution is -0.137. The molecule has 3 saturated carbocycles. The molecule has 3 aliphatic rings. The largest absolute Gasteiger partial charge is 0.481 e. The number of benzene rings is 2. The lowest BCUT2D eigenvalue weighted by Gasteiger charge is -2.62. The van der Waals surface area contributed by atoms with Crippen molar-refractivity contribution in [3.63, 3.8) is 0 Å². The molecule has 2 N–H and O–H groups in total. The summed E-state index contributed by atoms with van der Waals surface area (Å²) in [4.78, 5) is 23.8. The molecular formula is C29H35NO3. The minimum Gasteiger partial charge on any atom is -0.481 e. The van der Waals surface area contributed by atoms with Gasteiger partial charge in [0.15, 0.2) is 0 Å². The molecule has 5 rings (SSSR count). The Bertz CT molecular complexity index is 993. The predicted octanol–water partition coefficient (Wildman–Crippen LogP) is 6.34. The monoisotopic (exact) mass is 445 g/mol. The minimum atomic E-state index is -0.738. The molecule has 0 aromatic heterocycles. The van der Waals surface area contributed by atoms with E-state index in [0.717, 1.165) is 30.4 Å². The molecule has 1 amide bonds. The first-order chi connectivity index (χ1) is 15.9. The van der Waals surface area contributed by atoms with Crippen LogP contribution in [0.1, 0.15) is 62.7 Å². The van der Waals surface area contributed by atoms with Gasteiger partial charge in [-0.1, -0.05) is 68.5 Å². The topological polar surface area (TPSA) is 66.4 Å². The maximum absolute atomic E-state index is 13.1. The van der Waals surface area contributed by atoms with Crippen LogP contribution in [0.25, 0.3) is 11.1 Å². The predicted molar refractivity (Wildman–Crippen MR) is 132 cm³/mol. The fraction of sp³-hybridized carbons (Fsp3) is 0.448. The number of allylic oxidation sites excluding steroid dienone is 2. The van der Waals surface area contributed by atoms with Crippen LogP contribution in [0, 0.1) is 23.2 Å². The standard InChI is InChI=1S/C29H35NO3/c1-29(2)23-18-25(29)24(12-8-3-4-9-13-27(31)32)26(19-23)30-28(33)22-16-14-21(15-17-22)20-10-6-5-7-11-20/h3,5-8,10-11,14-17,23-26H,4,9,12-13,18-19H2,1-2H3,(H,30,33)(H,31,32)/b8-3-/t23-,24+,25+,26+/m1/s1. The van der Waals surface area contributed by atoms with E-state index in [9.17, 15) is 9.59 Å². The number of fused-ring (bicyclic) bond motifs is 2. The average molecular weight is 446 g/mol. The first-order valence-electron chi connectivity index (χ1n) is 12.2. The third-order valence-electron chi connectivity index (χ3n) is 8.03. The van der Waals surface area contributed by atoms with Crippen molar-refractivity contribution >= 4 is 11.9 Å². The fourth-order valence-electron chi connectivity index (χ4n) is 5.88. The van der Waals surface area contributed by atoms with Crippen molar-refractivity contribution in [3.8, 4) is 11.1 Å². The minimum absolute atomic E-state index is 0.00848. The molecule has 0 unspecified atom stereocenters. The van der Waals surface area contributed by atoms with Crippen LogP contribution in [0.4, 0.5) is 0 Å². The smallest absolute Gasteiger partial charge is 0.303 e. The van der Waals surface area contributed by atoms with Gasteiger partial charge in [-0.25, -0.2) is 0 Å². The molecule has 0 spiro atoms. The van der Waals surface area contributed by atoms with Gasteiger partial charge in [-0.3, -0.25) is 9.59 Å². The summed E-state index contributed by atoms with van der Waals surface area (Å²) in [5.41, 5.74) is 3.30. The summed E-state index contributed by atoms with van der Waals surface area (Å²) in [6, 6.07) is 18.3. The Morgan fingerprint density at radius 2 is 1.70 bits per heavy atom. The Morgan fingerprint density at radius 3 is 2.36 bits per heavy atom. The summed E-state index contributed by atoms with van der Waals surface area (Å²) in [7, 11) is 0. The molecule has 174 valence electrons. The second-order valence-corrected chi connectivity index (χ2v) is 10.3. The highest BCUT2D eigenvalue weighted by molar-refractivity contribution is 5.95. The van der Waals surface area contributed by atoms with E-state index in [0.29, 0.717) is 35.2 Å². The van der Waals surface area contributed by atoms with Gasteiger partial charge in [-0.15, -0.1) is 0 Å². The normalized spacial score (nSPS) is 25.4. The van der Waals surface area contributed by atoms with Crippen molar-refractivity contribution < 1.29 is 14.7 Å². The number of aliphatic carboxylic acids is 1. The molecule has 0 radical (unpaired) electrons. The summed E-state index contributed by atoms with van der Waals surface area (Å²) in [6.45, 7) is 4.74. The molecule has 0 aliphatic heterocycles. The number of carboxylic acids is 1. The van der Waals surface area contributed by atoms with Crippen molar-refractivity contribution in [2.45, 2.75) is 58.4 Å². The van der Waals surface area contributed by atoms with E-state index < -0.39 is 5.97 Å². The number of carbonyl (C=O) groups is 2. The van der Waals surface area contributed by atoms with E-state index >= 15 is 0 Å². The average Bonchev–Trinajstić information content (AvgIpc) is 2.82. The summed E-state index contributed by atoms with van der Waals surface area (Å²) in [6.07, 6.45) is 9.22. The number of hydrogen-bond acceptors (Lipinski definition) is 2. The Labute approximate surface area is 197 Å². The number of unbranched alkanes of at least 4 members (excludes halogenated alkanes) is 1. The first kappa shape index (κ1) is 23.3. The summed E-state index contributed by atoms with van der Waals surface area (Å²) in [5.74, 6) is 0.981. The van der Waals surface area contributed by atoms with Gasteiger partial charge in [0, 0.05) is 18.0 Å². The van der Waals surface area contributed by atoms with Crippen molar-refractivity contribution in [2.75, 3.05) is 0 Å². The van der Waals surface area contributed by atoms with Crippen molar-refractivity contribution in [3.05, 3.63) is 72.3 Å². The van der Waals surface area contributed by atoms with Crippen LogP contribution in [0.2, 0.25) is 0 Å². The number of nitrogens with one attached hydrogen (secondary N) is 1. The quantitative estimate of drug-likeness (QED) is 0.350. The second-order valence-electron chi connectivity index (χ2n) is 10.3. The van der Waals surface area contributed by atoms with Crippen LogP contribution < -0.4 is 5.32 Å². The van der Waals surface area contributed by atoms with Gasteiger partial charge >= 0.3 is 5.97 Å². The fourth-order valence-corrected chi connectivity index (χ4v) is 5.88. The summed E-state index contributed by atoms with van der Waals surface area (Å²) < 4.78 is 0. The zero-order valence-corrected chi connectivity index (χ0v) is 19.7. The maximum Gasteiger partial charge on any atom is 0.303 e. The van der Waals surface area contributed by atoms with Crippen molar-refractivity contribution in [2.24, 2.45) is 23.2 Å². The SMILES string of the molecule is CC1(C)[C@H]2C[C@H](NC(=O)c3ccc(-c4ccccc4)cc3)[C@@H](C/C=C\CCCC(=O)O)[C@@H]1C2. The lowest BCUT2D eigenvalue weighted by atomic mass is 9.44. The molecule has 33 heavy (non-hydrogen) atoms.